The molecule has 0 saturated carbocycles. The highest BCUT2D eigenvalue weighted by atomic mass is 32.2. The van der Waals surface area contributed by atoms with E-state index < -0.39 is 35.2 Å². The van der Waals surface area contributed by atoms with Crippen LogP contribution in [0.25, 0.3) is 0 Å². The van der Waals surface area contributed by atoms with E-state index in [9.17, 15) is 18.0 Å². The molecule has 0 bridgehead atoms. The van der Waals surface area contributed by atoms with Crippen LogP contribution in [0.5, 0.6) is 0 Å². The fraction of sp³-hybridized carbons (Fsp3) is 0.833. The summed E-state index contributed by atoms with van der Waals surface area (Å²) >= 11 is 0. The van der Waals surface area contributed by atoms with Crippen LogP contribution in [0.1, 0.15) is 26.7 Å². The minimum absolute atomic E-state index is 0.315. The molecule has 9 heteroatoms. The van der Waals surface area contributed by atoms with Crippen molar-refractivity contribution in [2.24, 2.45) is 0 Å². The van der Waals surface area contributed by atoms with E-state index in [1.807, 2.05) is 13.8 Å². The third-order valence-corrected chi connectivity index (χ3v) is 4.59. The Morgan fingerprint density at radius 1 is 0.857 bits per heavy atom. The van der Waals surface area contributed by atoms with E-state index in [0.29, 0.717) is 25.9 Å². The Hall–Kier alpha value is -1.19. The molecule has 0 N–H and O–H groups in total. The molecule has 8 nitrogen and oxygen atoms in total. The summed E-state index contributed by atoms with van der Waals surface area (Å²) in [6.45, 7) is 3.27. The van der Waals surface area contributed by atoms with Crippen molar-refractivity contribution in [2.75, 3.05) is 40.4 Å². The SMILES string of the molecule is CCCN(CCC)S(=O)(=O)N(CC(=O)OC)CC(=O)OC. The predicted octanol–water partition coefficient (Wildman–Crippen LogP) is 0.00120. The van der Waals surface area contributed by atoms with Crippen molar-refractivity contribution >= 4 is 22.1 Å². The smallest absolute Gasteiger partial charge is 0.321 e. The molecule has 0 radical (unpaired) electrons. The molecular formula is C12H24N2O6S. The van der Waals surface area contributed by atoms with Crippen LogP contribution in [0.3, 0.4) is 0 Å². The normalized spacial score (nSPS) is 11.7. The molecular weight excluding hydrogens is 300 g/mol. The Labute approximate surface area is 126 Å². The quantitative estimate of drug-likeness (QED) is 0.525. The number of hydrogen-bond acceptors (Lipinski definition) is 6. The second kappa shape index (κ2) is 9.69. The van der Waals surface area contributed by atoms with Gasteiger partial charge in [0.1, 0.15) is 13.1 Å². The second-order valence-electron chi connectivity index (χ2n) is 4.33. The standard InChI is InChI=1S/C12H24N2O6S/c1-5-7-13(8-6-2)21(17,18)14(9-11(15)19-3)10-12(16)20-4/h5-10H2,1-4H3. The molecule has 0 aromatic heterocycles. The fourth-order valence-electron chi connectivity index (χ4n) is 1.64. The molecule has 21 heavy (non-hydrogen) atoms. The summed E-state index contributed by atoms with van der Waals surface area (Å²) in [6, 6.07) is 0. The van der Waals surface area contributed by atoms with Gasteiger partial charge in [-0.15, -0.1) is 0 Å². The van der Waals surface area contributed by atoms with Crippen LogP contribution in [0.2, 0.25) is 0 Å². The maximum Gasteiger partial charge on any atom is 0.321 e. The summed E-state index contributed by atoms with van der Waals surface area (Å²) < 4.78 is 36.1. The molecule has 0 rings (SSSR count). The van der Waals surface area contributed by atoms with Crippen molar-refractivity contribution in [2.45, 2.75) is 26.7 Å². The Kier molecular flexibility index (Phi) is 9.14. The molecule has 0 atom stereocenters. The van der Waals surface area contributed by atoms with Crippen molar-refractivity contribution in [1.82, 2.24) is 8.61 Å². The molecule has 0 aliphatic carbocycles. The maximum absolute atomic E-state index is 12.5. The zero-order valence-electron chi connectivity index (χ0n) is 13.0. The molecule has 124 valence electrons. The number of carbonyl (C=O) groups excluding carboxylic acids is 2. The molecule has 0 aliphatic heterocycles. The van der Waals surface area contributed by atoms with Crippen LogP contribution in [0.4, 0.5) is 0 Å². The van der Waals surface area contributed by atoms with Crippen LogP contribution in [0.15, 0.2) is 0 Å². The van der Waals surface area contributed by atoms with E-state index in [2.05, 4.69) is 9.47 Å². The number of nitrogens with zero attached hydrogens (tertiary/aromatic N) is 2. The van der Waals surface area contributed by atoms with Gasteiger partial charge in [-0.1, -0.05) is 13.8 Å². The molecule has 0 saturated heterocycles. The average molecular weight is 324 g/mol. The molecule has 0 unspecified atom stereocenters. The van der Waals surface area contributed by atoms with Gasteiger partial charge in [0.15, 0.2) is 0 Å². The van der Waals surface area contributed by atoms with Crippen molar-refractivity contribution < 1.29 is 27.5 Å². The first-order valence-electron chi connectivity index (χ1n) is 6.72. The lowest BCUT2D eigenvalue weighted by Crippen LogP contribution is -2.48. The van der Waals surface area contributed by atoms with Gasteiger partial charge in [-0.2, -0.15) is 17.0 Å². The first-order chi connectivity index (χ1) is 9.83. The van der Waals surface area contributed by atoms with Gasteiger partial charge in [0.25, 0.3) is 10.2 Å². The number of esters is 2. The number of methoxy groups -OCH3 is 2. The van der Waals surface area contributed by atoms with Crippen LogP contribution >= 0.6 is 0 Å². The number of rotatable bonds is 10. The third-order valence-electron chi connectivity index (χ3n) is 2.66. The van der Waals surface area contributed by atoms with Crippen molar-refractivity contribution in [1.29, 1.82) is 0 Å². The van der Waals surface area contributed by atoms with Crippen LogP contribution in [-0.4, -0.2) is 69.4 Å². The van der Waals surface area contributed by atoms with Crippen molar-refractivity contribution in [3.8, 4) is 0 Å². The summed E-state index contributed by atoms with van der Waals surface area (Å²) in [5.74, 6) is -1.48. The Morgan fingerprint density at radius 2 is 1.24 bits per heavy atom. The monoisotopic (exact) mass is 324 g/mol. The van der Waals surface area contributed by atoms with Gasteiger partial charge in [-0.3, -0.25) is 9.59 Å². The Morgan fingerprint density at radius 3 is 1.52 bits per heavy atom. The zero-order valence-corrected chi connectivity index (χ0v) is 13.8. The highest BCUT2D eigenvalue weighted by Gasteiger charge is 2.32. The average Bonchev–Trinajstić information content (AvgIpc) is 2.45. The molecule has 0 fully saturated rings. The zero-order chi connectivity index (χ0) is 16.5. The van der Waals surface area contributed by atoms with E-state index in [4.69, 9.17) is 0 Å². The van der Waals surface area contributed by atoms with E-state index >= 15 is 0 Å². The van der Waals surface area contributed by atoms with E-state index in [1.54, 1.807) is 0 Å². The molecule has 0 spiro atoms. The lowest BCUT2D eigenvalue weighted by atomic mass is 10.4. The summed E-state index contributed by atoms with van der Waals surface area (Å²) in [6.07, 6.45) is 1.26. The van der Waals surface area contributed by atoms with Crippen molar-refractivity contribution in [3.05, 3.63) is 0 Å². The van der Waals surface area contributed by atoms with Gasteiger partial charge in [-0.25, -0.2) is 0 Å². The summed E-state index contributed by atoms with van der Waals surface area (Å²) in [5.41, 5.74) is 0. The number of carbonyl (C=O) groups is 2. The van der Waals surface area contributed by atoms with E-state index in [-0.39, 0.29) is 0 Å². The Bertz CT molecular complexity index is 413. The molecule has 0 amide bonds. The summed E-state index contributed by atoms with van der Waals surface area (Å²) in [7, 11) is -1.62. The summed E-state index contributed by atoms with van der Waals surface area (Å²) in [5, 5.41) is 0. The van der Waals surface area contributed by atoms with Crippen LogP contribution in [0, 0.1) is 0 Å². The largest absolute Gasteiger partial charge is 0.468 e. The van der Waals surface area contributed by atoms with Gasteiger partial charge < -0.3 is 9.47 Å². The van der Waals surface area contributed by atoms with Gasteiger partial charge in [0.2, 0.25) is 0 Å². The van der Waals surface area contributed by atoms with E-state index in [1.165, 1.54) is 4.31 Å². The highest BCUT2D eigenvalue weighted by Crippen LogP contribution is 2.11. The number of hydrogen-bond donors (Lipinski definition) is 0. The number of ether oxygens (including phenoxy) is 2. The van der Waals surface area contributed by atoms with Crippen LogP contribution in [-0.2, 0) is 29.3 Å². The van der Waals surface area contributed by atoms with Crippen molar-refractivity contribution in [3.63, 3.8) is 0 Å². The lowest BCUT2D eigenvalue weighted by Gasteiger charge is -2.28. The summed E-state index contributed by atoms with van der Waals surface area (Å²) in [4.78, 5) is 22.8. The molecule has 0 aromatic carbocycles. The maximum atomic E-state index is 12.5. The van der Waals surface area contributed by atoms with Gasteiger partial charge >= 0.3 is 11.9 Å². The topological polar surface area (TPSA) is 93.2 Å². The second-order valence-corrected chi connectivity index (χ2v) is 6.26. The predicted molar refractivity (Wildman–Crippen MR) is 76.7 cm³/mol. The highest BCUT2D eigenvalue weighted by molar-refractivity contribution is 7.86. The lowest BCUT2D eigenvalue weighted by molar-refractivity contribution is -0.143. The Balaban J connectivity index is 5.31. The first kappa shape index (κ1) is 19.8. The third kappa shape index (κ3) is 6.40. The van der Waals surface area contributed by atoms with Gasteiger partial charge in [0.05, 0.1) is 14.2 Å². The molecule has 0 aliphatic rings. The first-order valence-corrected chi connectivity index (χ1v) is 8.11. The molecule has 0 heterocycles. The fourth-order valence-corrected chi connectivity index (χ4v) is 3.33. The molecule has 0 aromatic rings. The van der Waals surface area contributed by atoms with Gasteiger partial charge in [0, 0.05) is 13.1 Å². The van der Waals surface area contributed by atoms with Gasteiger partial charge in [-0.05, 0) is 12.8 Å². The minimum atomic E-state index is -3.93. The van der Waals surface area contributed by atoms with Crippen LogP contribution < -0.4 is 0 Å². The minimum Gasteiger partial charge on any atom is -0.468 e. The van der Waals surface area contributed by atoms with E-state index in [0.717, 1.165) is 18.5 Å².